The first kappa shape index (κ1) is 23.0. The molecule has 2 amide bonds. The molecule has 10 heteroatoms. The standard InChI is InChI=1S/C24H27N7O3/c1-4-6-11-24(28-29-24)12-13-31(22(33)18-14-26-23(34)27-18)20(21(32)25-3)17-15-30(5-2)19-10-8-7-9-16(17)19/h1,7-10,14-15,20H,5-6,11-13H2,2-3H3,(H,25,32)(H2,26,27,34). The highest BCUT2D eigenvalue weighted by molar-refractivity contribution is 5.98. The highest BCUT2D eigenvalue weighted by Crippen LogP contribution is 2.38. The van der Waals surface area contributed by atoms with Gasteiger partial charge in [0.15, 0.2) is 5.66 Å². The van der Waals surface area contributed by atoms with Crippen molar-refractivity contribution in [2.75, 3.05) is 13.6 Å². The van der Waals surface area contributed by atoms with E-state index in [2.05, 4.69) is 31.4 Å². The first-order valence-corrected chi connectivity index (χ1v) is 11.2. The summed E-state index contributed by atoms with van der Waals surface area (Å²) < 4.78 is 2.04. The summed E-state index contributed by atoms with van der Waals surface area (Å²) in [6.45, 7) is 2.91. The Morgan fingerprint density at radius 1 is 1.29 bits per heavy atom. The Bertz CT molecular complexity index is 1330. The fraction of sp³-hybridized carbons (Fsp3) is 0.375. The zero-order valence-electron chi connectivity index (χ0n) is 19.2. The molecule has 1 aliphatic rings. The Morgan fingerprint density at radius 2 is 2.06 bits per heavy atom. The van der Waals surface area contributed by atoms with Gasteiger partial charge in [0.05, 0.1) is 0 Å². The lowest BCUT2D eigenvalue weighted by Gasteiger charge is -2.31. The minimum absolute atomic E-state index is 0.0699. The molecule has 3 heterocycles. The van der Waals surface area contributed by atoms with Crippen molar-refractivity contribution in [1.82, 2.24) is 24.8 Å². The highest BCUT2D eigenvalue weighted by atomic mass is 16.2. The highest BCUT2D eigenvalue weighted by Gasteiger charge is 2.42. The van der Waals surface area contributed by atoms with Gasteiger partial charge in [-0.3, -0.25) is 9.59 Å². The number of fused-ring (bicyclic) bond motifs is 1. The van der Waals surface area contributed by atoms with Crippen LogP contribution in [-0.4, -0.2) is 50.5 Å². The third kappa shape index (κ3) is 4.37. The Balaban J connectivity index is 1.78. The lowest BCUT2D eigenvalue weighted by molar-refractivity contribution is -0.125. The molecular formula is C24H27N7O3. The summed E-state index contributed by atoms with van der Waals surface area (Å²) in [5.74, 6) is 1.78. The summed E-state index contributed by atoms with van der Waals surface area (Å²) in [7, 11) is 1.54. The Labute approximate surface area is 196 Å². The number of nitrogens with one attached hydrogen (secondary N) is 3. The van der Waals surface area contributed by atoms with Gasteiger partial charge in [-0.1, -0.05) is 18.2 Å². The van der Waals surface area contributed by atoms with E-state index in [1.165, 1.54) is 18.1 Å². The number of likely N-dealkylation sites (N-methyl/N-ethyl adjacent to an activating group) is 1. The summed E-state index contributed by atoms with van der Waals surface area (Å²) >= 11 is 0. The molecule has 0 fully saturated rings. The first-order chi connectivity index (χ1) is 16.4. The van der Waals surface area contributed by atoms with Gasteiger partial charge in [0.25, 0.3) is 5.91 Å². The molecule has 1 atom stereocenters. The zero-order valence-corrected chi connectivity index (χ0v) is 19.2. The van der Waals surface area contributed by atoms with Crippen LogP contribution in [0.15, 0.2) is 51.7 Å². The number of hydrogen-bond acceptors (Lipinski definition) is 5. The fourth-order valence-electron chi connectivity index (χ4n) is 4.26. The minimum atomic E-state index is -0.933. The van der Waals surface area contributed by atoms with Gasteiger partial charge in [-0.05, 0) is 13.0 Å². The maximum Gasteiger partial charge on any atom is 0.323 e. The van der Waals surface area contributed by atoms with Crippen molar-refractivity contribution in [2.45, 2.75) is 44.4 Å². The molecule has 2 aromatic heterocycles. The largest absolute Gasteiger partial charge is 0.357 e. The number of imidazole rings is 1. The Morgan fingerprint density at radius 3 is 2.68 bits per heavy atom. The van der Waals surface area contributed by atoms with Crippen molar-refractivity contribution in [3.63, 3.8) is 0 Å². The van der Waals surface area contributed by atoms with Crippen molar-refractivity contribution >= 4 is 22.7 Å². The van der Waals surface area contributed by atoms with Gasteiger partial charge in [-0.15, -0.1) is 12.3 Å². The van der Waals surface area contributed by atoms with E-state index < -0.39 is 23.3 Å². The lowest BCUT2D eigenvalue weighted by atomic mass is 10.00. The van der Waals surface area contributed by atoms with Crippen LogP contribution in [0.2, 0.25) is 0 Å². The van der Waals surface area contributed by atoms with Gasteiger partial charge in [0.1, 0.15) is 11.7 Å². The van der Waals surface area contributed by atoms with Gasteiger partial charge in [0.2, 0.25) is 5.91 Å². The van der Waals surface area contributed by atoms with E-state index in [0.717, 1.165) is 10.9 Å². The number of hydrogen-bond donors (Lipinski definition) is 3. The topological polar surface area (TPSA) is 128 Å². The second-order valence-corrected chi connectivity index (χ2v) is 8.20. The summed E-state index contributed by atoms with van der Waals surface area (Å²) in [5, 5.41) is 11.9. The van der Waals surface area contributed by atoms with Crippen molar-refractivity contribution in [1.29, 1.82) is 0 Å². The summed E-state index contributed by atoms with van der Waals surface area (Å²) in [5.41, 5.74) is 0.598. The molecule has 0 saturated carbocycles. The summed E-state index contributed by atoms with van der Waals surface area (Å²) in [4.78, 5) is 45.0. The average molecular weight is 462 g/mol. The van der Waals surface area contributed by atoms with Gasteiger partial charge in [0, 0.05) is 68.3 Å². The molecule has 1 unspecified atom stereocenters. The van der Waals surface area contributed by atoms with E-state index in [0.29, 0.717) is 31.4 Å². The third-order valence-corrected chi connectivity index (χ3v) is 6.15. The lowest BCUT2D eigenvalue weighted by Crippen LogP contribution is -2.44. The molecule has 1 aromatic carbocycles. The van der Waals surface area contributed by atoms with Crippen LogP contribution in [-0.2, 0) is 11.3 Å². The maximum atomic E-state index is 13.6. The van der Waals surface area contributed by atoms with Crippen LogP contribution in [0.5, 0.6) is 0 Å². The van der Waals surface area contributed by atoms with Gasteiger partial charge < -0.3 is 24.8 Å². The normalized spacial score (nSPS) is 14.5. The second kappa shape index (κ2) is 9.39. The van der Waals surface area contributed by atoms with Gasteiger partial charge in [-0.25, -0.2) is 4.79 Å². The number of amides is 2. The molecule has 0 bridgehead atoms. The van der Waals surface area contributed by atoms with Crippen LogP contribution < -0.4 is 11.0 Å². The second-order valence-electron chi connectivity index (χ2n) is 8.20. The molecule has 0 radical (unpaired) electrons. The van der Waals surface area contributed by atoms with E-state index in [1.54, 1.807) is 0 Å². The average Bonchev–Trinajstić information content (AvgIpc) is 3.33. The quantitative estimate of drug-likeness (QED) is 0.402. The molecule has 4 rings (SSSR count). The smallest absolute Gasteiger partial charge is 0.323 e. The first-order valence-electron chi connectivity index (χ1n) is 11.2. The van der Waals surface area contributed by atoms with Gasteiger partial charge >= 0.3 is 5.69 Å². The van der Waals surface area contributed by atoms with Crippen molar-refractivity contribution < 1.29 is 9.59 Å². The number of para-hydroxylation sites is 1. The number of carbonyl (C=O) groups excluding carboxylic acids is 2. The number of carbonyl (C=O) groups is 2. The van der Waals surface area contributed by atoms with Crippen LogP contribution >= 0.6 is 0 Å². The molecule has 1 aliphatic heterocycles. The molecule has 10 nitrogen and oxygen atoms in total. The minimum Gasteiger partial charge on any atom is -0.357 e. The third-order valence-electron chi connectivity index (χ3n) is 6.15. The monoisotopic (exact) mass is 461 g/mol. The maximum absolute atomic E-state index is 13.6. The van der Waals surface area contributed by atoms with Gasteiger partial charge in [-0.2, -0.15) is 10.2 Å². The molecule has 0 saturated heterocycles. The molecule has 3 N–H and O–H groups in total. The van der Waals surface area contributed by atoms with Crippen LogP contribution in [0, 0.1) is 12.3 Å². The fourth-order valence-corrected chi connectivity index (χ4v) is 4.26. The Kier molecular flexibility index (Phi) is 6.36. The summed E-state index contributed by atoms with van der Waals surface area (Å²) in [6, 6.07) is 6.83. The number of aromatic amines is 2. The number of aromatic nitrogens is 3. The van der Waals surface area contributed by atoms with E-state index in [1.807, 2.05) is 42.0 Å². The molecule has 3 aromatic rings. The number of benzene rings is 1. The van der Waals surface area contributed by atoms with Crippen LogP contribution in [0.1, 0.15) is 48.3 Å². The van der Waals surface area contributed by atoms with Crippen LogP contribution in [0.3, 0.4) is 0 Å². The van der Waals surface area contributed by atoms with Crippen LogP contribution in [0.4, 0.5) is 0 Å². The molecule has 0 aliphatic carbocycles. The summed E-state index contributed by atoms with van der Waals surface area (Å²) in [6.07, 6.45) is 10.1. The molecule has 34 heavy (non-hydrogen) atoms. The van der Waals surface area contributed by atoms with Crippen molar-refractivity contribution in [3.05, 3.63) is 58.4 Å². The number of terminal acetylenes is 1. The SMILES string of the molecule is C#CCCC1(CCN(C(=O)c2c[nH]c(=O)[nH]2)C(C(=O)NC)c2cn(CC)c3ccccc23)N=N1. The molecule has 0 spiro atoms. The van der Waals surface area contributed by atoms with E-state index in [9.17, 15) is 14.4 Å². The predicted molar refractivity (Wildman–Crippen MR) is 127 cm³/mol. The Hall–Kier alpha value is -4.13. The number of aryl methyl sites for hydroxylation is 1. The molecular weight excluding hydrogens is 434 g/mol. The van der Waals surface area contributed by atoms with E-state index in [-0.39, 0.29) is 18.1 Å². The van der Waals surface area contributed by atoms with E-state index >= 15 is 0 Å². The molecule has 176 valence electrons. The van der Waals surface area contributed by atoms with E-state index in [4.69, 9.17) is 6.42 Å². The zero-order chi connectivity index (χ0) is 24.3. The van der Waals surface area contributed by atoms with Crippen molar-refractivity contribution in [3.8, 4) is 12.3 Å². The number of nitrogens with zero attached hydrogens (tertiary/aromatic N) is 4. The number of H-pyrrole nitrogens is 2. The predicted octanol–water partition coefficient (Wildman–Crippen LogP) is 2.57. The van der Waals surface area contributed by atoms with Crippen LogP contribution in [0.25, 0.3) is 10.9 Å². The number of rotatable bonds is 10. The van der Waals surface area contributed by atoms with Crippen molar-refractivity contribution in [2.24, 2.45) is 10.2 Å².